The molecule has 16 heavy (non-hydrogen) atoms. The fraction of sp³-hybridized carbons (Fsp3) is 0.800. The molecular formula is C10H22ClN3O2. The Hall–Kier alpha value is -0.810. The highest BCUT2D eigenvalue weighted by Gasteiger charge is 2.20. The average molecular weight is 252 g/mol. The predicted octanol–water partition coefficient (Wildman–Crippen LogP) is -0.0124. The van der Waals surface area contributed by atoms with Crippen molar-refractivity contribution in [1.29, 1.82) is 0 Å². The minimum atomic E-state index is -0.199. The number of hydrogen-bond acceptors (Lipinski definition) is 3. The van der Waals surface area contributed by atoms with Gasteiger partial charge in [0.05, 0.1) is 6.54 Å². The molecule has 6 heteroatoms. The molecule has 0 rings (SSSR count). The number of halogens is 1. The molecule has 0 unspecified atom stereocenters. The van der Waals surface area contributed by atoms with Gasteiger partial charge < -0.3 is 16.0 Å². The molecule has 0 bridgehead atoms. The standard InChI is InChI=1S/C10H21N3O2.ClH/c1-8(14)12-5-9(15)13(4)7-10(2,3)6-11;/h5-7,11H2,1-4H3,(H,12,14);1H. The van der Waals surface area contributed by atoms with E-state index in [2.05, 4.69) is 5.32 Å². The summed E-state index contributed by atoms with van der Waals surface area (Å²) in [4.78, 5) is 23.7. The second-order valence-corrected chi connectivity index (χ2v) is 4.53. The summed E-state index contributed by atoms with van der Waals surface area (Å²) >= 11 is 0. The SMILES string of the molecule is CC(=O)NCC(=O)N(C)CC(C)(C)CN.Cl. The summed E-state index contributed by atoms with van der Waals surface area (Å²) in [6, 6.07) is 0. The van der Waals surface area contributed by atoms with Crippen molar-refractivity contribution in [1.82, 2.24) is 10.2 Å². The zero-order chi connectivity index (χ0) is 12.1. The molecule has 0 aliphatic heterocycles. The molecule has 0 atom stereocenters. The van der Waals surface area contributed by atoms with E-state index in [9.17, 15) is 9.59 Å². The number of amides is 2. The second-order valence-electron chi connectivity index (χ2n) is 4.53. The predicted molar refractivity (Wildman–Crippen MR) is 66.4 cm³/mol. The van der Waals surface area contributed by atoms with Gasteiger partial charge in [0.15, 0.2) is 0 Å². The van der Waals surface area contributed by atoms with E-state index in [1.807, 2.05) is 13.8 Å². The normalized spacial score (nSPS) is 10.3. The molecular weight excluding hydrogens is 230 g/mol. The van der Waals surface area contributed by atoms with E-state index in [4.69, 9.17) is 5.73 Å². The number of hydrogen-bond donors (Lipinski definition) is 2. The van der Waals surface area contributed by atoms with Crippen LogP contribution in [0.4, 0.5) is 0 Å². The van der Waals surface area contributed by atoms with Crippen LogP contribution in [0.25, 0.3) is 0 Å². The molecule has 5 nitrogen and oxygen atoms in total. The molecule has 0 fully saturated rings. The monoisotopic (exact) mass is 251 g/mol. The summed E-state index contributed by atoms with van der Waals surface area (Å²) < 4.78 is 0. The maximum absolute atomic E-state index is 11.5. The minimum absolute atomic E-state index is 0. The number of carbonyl (C=O) groups is 2. The van der Waals surface area contributed by atoms with Gasteiger partial charge in [-0.2, -0.15) is 0 Å². The summed E-state index contributed by atoms with van der Waals surface area (Å²) in [5.74, 6) is -0.304. The molecule has 0 spiro atoms. The molecule has 0 saturated carbocycles. The zero-order valence-corrected chi connectivity index (χ0v) is 11.2. The summed E-state index contributed by atoms with van der Waals surface area (Å²) in [7, 11) is 1.71. The first-order chi connectivity index (χ1) is 6.78. The van der Waals surface area contributed by atoms with E-state index in [0.717, 1.165) is 0 Å². The van der Waals surface area contributed by atoms with Crippen LogP contribution in [-0.2, 0) is 9.59 Å². The third kappa shape index (κ3) is 7.48. The summed E-state index contributed by atoms with van der Waals surface area (Å²) in [5, 5.41) is 2.47. The topological polar surface area (TPSA) is 75.4 Å². The number of nitrogens with two attached hydrogens (primary N) is 1. The van der Waals surface area contributed by atoms with Crippen LogP contribution in [0.3, 0.4) is 0 Å². The first-order valence-electron chi connectivity index (χ1n) is 4.97. The highest BCUT2D eigenvalue weighted by atomic mass is 35.5. The molecule has 0 aliphatic rings. The molecule has 0 aromatic rings. The summed E-state index contributed by atoms with van der Waals surface area (Å²) in [6.07, 6.45) is 0. The first kappa shape index (κ1) is 17.6. The van der Waals surface area contributed by atoms with Crippen LogP contribution in [0.5, 0.6) is 0 Å². The van der Waals surface area contributed by atoms with Crippen molar-refractivity contribution < 1.29 is 9.59 Å². The highest BCUT2D eigenvalue weighted by Crippen LogP contribution is 2.13. The Kier molecular flexibility index (Phi) is 8.20. The lowest BCUT2D eigenvalue weighted by Gasteiger charge is -2.29. The van der Waals surface area contributed by atoms with Crippen molar-refractivity contribution in [3.05, 3.63) is 0 Å². The van der Waals surface area contributed by atoms with E-state index < -0.39 is 0 Å². The molecule has 0 aliphatic carbocycles. The Labute approximate surface area is 103 Å². The lowest BCUT2D eigenvalue weighted by molar-refractivity contribution is -0.132. The maximum Gasteiger partial charge on any atom is 0.241 e. The zero-order valence-electron chi connectivity index (χ0n) is 10.4. The van der Waals surface area contributed by atoms with Crippen LogP contribution in [-0.4, -0.2) is 43.4 Å². The number of nitrogens with zero attached hydrogens (tertiary/aromatic N) is 1. The number of rotatable bonds is 5. The Morgan fingerprint density at radius 2 is 1.88 bits per heavy atom. The fourth-order valence-electron chi connectivity index (χ4n) is 1.13. The molecule has 0 radical (unpaired) electrons. The molecule has 2 amide bonds. The van der Waals surface area contributed by atoms with Gasteiger partial charge in [-0.15, -0.1) is 12.4 Å². The largest absolute Gasteiger partial charge is 0.347 e. The Balaban J connectivity index is 0. The first-order valence-corrected chi connectivity index (χ1v) is 4.97. The lowest BCUT2D eigenvalue weighted by atomic mass is 9.93. The third-order valence-electron chi connectivity index (χ3n) is 2.13. The number of carbonyl (C=O) groups excluding carboxylic acids is 2. The van der Waals surface area contributed by atoms with Crippen LogP contribution in [0, 0.1) is 5.41 Å². The van der Waals surface area contributed by atoms with Crippen LogP contribution in [0.2, 0.25) is 0 Å². The van der Waals surface area contributed by atoms with Gasteiger partial charge in [0, 0.05) is 20.5 Å². The molecule has 0 aromatic heterocycles. The van der Waals surface area contributed by atoms with Crippen molar-refractivity contribution in [3.8, 4) is 0 Å². The smallest absolute Gasteiger partial charge is 0.241 e. The Bertz CT molecular complexity index is 244. The van der Waals surface area contributed by atoms with Gasteiger partial charge in [-0.25, -0.2) is 0 Å². The van der Waals surface area contributed by atoms with Crippen molar-refractivity contribution in [2.75, 3.05) is 26.7 Å². The second kappa shape index (κ2) is 7.46. The molecule has 0 heterocycles. The molecule has 3 N–H and O–H groups in total. The quantitative estimate of drug-likeness (QED) is 0.722. The van der Waals surface area contributed by atoms with Gasteiger partial charge >= 0.3 is 0 Å². The lowest BCUT2D eigenvalue weighted by Crippen LogP contribution is -2.43. The van der Waals surface area contributed by atoms with E-state index >= 15 is 0 Å². The van der Waals surface area contributed by atoms with Crippen LogP contribution in [0.15, 0.2) is 0 Å². The van der Waals surface area contributed by atoms with Crippen LogP contribution < -0.4 is 11.1 Å². The van der Waals surface area contributed by atoms with Crippen molar-refractivity contribution >= 4 is 24.2 Å². The summed E-state index contributed by atoms with van der Waals surface area (Å²) in [6.45, 7) is 6.53. The molecule has 0 saturated heterocycles. The molecule has 96 valence electrons. The Morgan fingerprint density at radius 1 is 1.38 bits per heavy atom. The van der Waals surface area contributed by atoms with E-state index in [1.165, 1.54) is 6.92 Å². The van der Waals surface area contributed by atoms with Gasteiger partial charge in [-0.3, -0.25) is 9.59 Å². The van der Waals surface area contributed by atoms with E-state index in [0.29, 0.717) is 13.1 Å². The van der Waals surface area contributed by atoms with Crippen molar-refractivity contribution in [3.63, 3.8) is 0 Å². The van der Waals surface area contributed by atoms with Crippen LogP contribution >= 0.6 is 12.4 Å². The van der Waals surface area contributed by atoms with Gasteiger partial charge in [-0.1, -0.05) is 13.8 Å². The van der Waals surface area contributed by atoms with Gasteiger partial charge in [-0.05, 0) is 12.0 Å². The minimum Gasteiger partial charge on any atom is -0.347 e. The summed E-state index contributed by atoms with van der Waals surface area (Å²) in [5.41, 5.74) is 5.47. The van der Waals surface area contributed by atoms with E-state index in [-0.39, 0.29) is 36.2 Å². The Morgan fingerprint density at radius 3 is 2.25 bits per heavy atom. The number of nitrogens with one attached hydrogen (secondary N) is 1. The molecule has 0 aromatic carbocycles. The van der Waals surface area contributed by atoms with Gasteiger partial charge in [0.1, 0.15) is 0 Å². The number of likely N-dealkylation sites (N-methyl/N-ethyl adjacent to an activating group) is 1. The van der Waals surface area contributed by atoms with Crippen molar-refractivity contribution in [2.45, 2.75) is 20.8 Å². The highest BCUT2D eigenvalue weighted by molar-refractivity contribution is 5.85. The fourth-order valence-corrected chi connectivity index (χ4v) is 1.13. The van der Waals surface area contributed by atoms with Gasteiger partial charge in [0.2, 0.25) is 11.8 Å². The maximum atomic E-state index is 11.5. The van der Waals surface area contributed by atoms with E-state index in [1.54, 1.807) is 11.9 Å². The third-order valence-corrected chi connectivity index (χ3v) is 2.13. The van der Waals surface area contributed by atoms with Gasteiger partial charge in [0.25, 0.3) is 0 Å². The van der Waals surface area contributed by atoms with Crippen molar-refractivity contribution in [2.24, 2.45) is 11.1 Å². The van der Waals surface area contributed by atoms with Crippen LogP contribution in [0.1, 0.15) is 20.8 Å². The average Bonchev–Trinajstić information content (AvgIpc) is 2.13.